The third-order valence-corrected chi connectivity index (χ3v) is 3.37. The van der Waals surface area contributed by atoms with Crippen LogP contribution in [0.5, 0.6) is 5.75 Å². The normalized spacial score (nSPS) is 10.1. The second-order valence-corrected chi connectivity index (χ2v) is 4.74. The first-order valence-electron chi connectivity index (χ1n) is 6.56. The van der Waals surface area contributed by atoms with Crippen LogP contribution in [0.2, 0.25) is 0 Å². The Hall–Kier alpha value is -2.53. The SMILES string of the molecule is COc1cccc(N(C)C(=O)c2ccc(NN)c(C)c2)c1. The average molecular weight is 285 g/mol. The lowest BCUT2D eigenvalue weighted by atomic mass is 10.1. The molecule has 0 aliphatic carbocycles. The molecule has 0 fully saturated rings. The molecule has 3 N–H and O–H groups in total. The Morgan fingerprint density at radius 1 is 1.24 bits per heavy atom. The van der Waals surface area contributed by atoms with Gasteiger partial charge in [-0.1, -0.05) is 6.07 Å². The van der Waals surface area contributed by atoms with E-state index < -0.39 is 0 Å². The van der Waals surface area contributed by atoms with Crippen molar-refractivity contribution in [1.29, 1.82) is 0 Å². The highest BCUT2D eigenvalue weighted by Crippen LogP contribution is 2.22. The number of anilines is 2. The Labute approximate surface area is 124 Å². The molecule has 21 heavy (non-hydrogen) atoms. The molecule has 0 unspecified atom stereocenters. The maximum absolute atomic E-state index is 12.5. The quantitative estimate of drug-likeness (QED) is 0.669. The van der Waals surface area contributed by atoms with E-state index in [9.17, 15) is 4.79 Å². The summed E-state index contributed by atoms with van der Waals surface area (Å²) in [5, 5.41) is 0. The number of amides is 1. The van der Waals surface area contributed by atoms with Gasteiger partial charge in [0.05, 0.1) is 12.8 Å². The third-order valence-electron chi connectivity index (χ3n) is 3.37. The molecule has 110 valence electrons. The number of nitrogens with one attached hydrogen (secondary N) is 1. The Balaban J connectivity index is 2.28. The minimum Gasteiger partial charge on any atom is -0.497 e. The van der Waals surface area contributed by atoms with Crippen LogP contribution in [-0.2, 0) is 0 Å². The van der Waals surface area contributed by atoms with E-state index in [1.807, 2.05) is 37.3 Å². The van der Waals surface area contributed by atoms with Gasteiger partial charge >= 0.3 is 0 Å². The van der Waals surface area contributed by atoms with Gasteiger partial charge in [0.15, 0.2) is 0 Å². The number of hydrogen-bond acceptors (Lipinski definition) is 4. The van der Waals surface area contributed by atoms with Crippen molar-refractivity contribution >= 4 is 17.3 Å². The molecule has 0 aromatic heterocycles. The molecule has 2 rings (SSSR count). The van der Waals surface area contributed by atoms with E-state index in [1.165, 1.54) is 0 Å². The van der Waals surface area contributed by atoms with Crippen molar-refractivity contribution in [3.05, 3.63) is 53.6 Å². The highest BCUT2D eigenvalue weighted by atomic mass is 16.5. The topological polar surface area (TPSA) is 67.6 Å². The van der Waals surface area contributed by atoms with Crippen LogP contribution in [0, 0.1) is 6.92 Å². The lowest BCUT2D eigenvalue weighted by molar-refractivity contribution is 0.0993. The lowest BCUT2D eigenvalue weighted by Crippen LogP contribution is -2.26. The zero-order valence-electron chi connectivity index (χ0n) is 12.4. The predicted octanol–water partition coefficient (Wildman–Crippen LogP) is 2.57. The summed E-state index contributed by atoms with van der Waals surface area (Å²) in [6.45, 7) is 1.90. The summed E-state index contributed by atoms with van der Waals surface area (Å²) in [7, 11) is 3.34. The van der Waals surface area contributed by atoms with Crippen molar-refractivity contribution in [2.45, 2.75) is 6.92 Å². The fourth-order valence-corrected chi connectivity index (χ4v) is 2.09. The molecule has 1 amide bonds. The molecule has 0 aliphatic rings. The molecule has 0 saturated heterocycles. The van der Waals surface area contributed by atoms with Crippen molar-refractivity contribution in [1.82, 2.24) is 0 Å². The second-order valence-electron chi connectivity index (χ2n) is 4.74. The van der Waals surface area contributed by atoms with Gasteiger partial charge in [-0.3, -0.25) is 10.6 Å². The van der Waals surface area contributed by atoms with E-state index >= 15 is 0 Å². The molecule has 0 atom stereocenters. The van der Waals surface area contributed by atoms with Crippen molar-refractivity contribution in [2.75, 3.05) is 24.5 Å². The highest BCUT2D eigenvalue weighted by Gasteiger charge is 2.14. The fraction of sp³-hybridized carbons (Fsp3) is 0.188. The van der Waals surface area contributed by atoms with Crippen LogP contribution in [0.4, 0.5) is 11.4 Å². The number of rotatable bonds is 4. The zero-order valence-corrected chi connectivity index (χ0v) is 12.4. The predicted molar refractivity (Wildman–Crippen MR) is 84.7 cm³/mol. The summed E-state index contributed by atoms with van der Waals surface area (Å²) < 4.78 is 5.18. The maximum atomic E-state index is 12.5. The van der Waals surface area contributed by atoms with Gasteiger partial charge in [-0.2, -0.15) is 0 Å². The summed E-state index contributed by atoms with van der Waals surface area (Å²) in [6, 6.07) is 12.7. The smallest absolute Gasteiger partial charge is 0.258 e. The standard InChI is InChI=1S/C16H19N3O2/c1-11-9-12(7-8-15(11)18-17)16(20)19(2)13-5-4-6-14(10-13)21-3/h4-10,18H,17H2,1-3H3. The van der Waals surface area contributed by atoms with Crippen LogP contribution in [0.3, 0.4) is 0 Å². The third kappa shape index (κ3) is 3.14. The van der Waals surface area contributed by atoms with Gasteiger partial charge in [0.2, 0.25) is 0 Å². The van der Waals surface area contributed by atoms with Crippen molar-refractivity contribution in [2.24, 2.45) is 5.84 Å². The highest BCUT2D eigenvalue weighted by molar-refractivity contribution is 6.06. The first kappa shape index (κ1) is 14.9. The van der Waals surface area contributed by atoms with E-state index in [-0.39, 0.29) is 5.91 Å². The van der Waals surface area contributed by atoms with Gasteiger partial charge in [-0.15, -0.1) is 0 Å². The molecule has 0 radical (unpaired) electrons. The van der Waals surface area contributed by atoms with Gasteiger partial charge in [-0.05, 0) is 42.8 Å². The summed E-state index contributed by atoms with van der Waals surface area (Å²) in [6.07, 6.45) is 0. The summed E-state index contributed by atoms with van der Waals surface area (Å²) in [4.78, 5) is 14.1. The van der Waals surface area contributed by atoms with E-state index in [4.69, 9.17) is 10.6 Å². The minimum atomic E-state index is -0.0880. The molecule has 0 aliphatic heterocycles. The molecule has 0 spiro atoms. The number of methoxy groups -OCH3 is 1. The number of aryl methyl sites for hydroxylation is 1. The van der Waals surface area contributed by atoms with E-state index in [2.05, 4.69) is 5.43 Å². The van der Waals surface area contributed by atoms with Crippen LogP contribution < -0.4 is 20.9 Å². The fourth-order valence-electron chi connectivity index (χ4n) is 2.09. The number of nitrogens with zero attached hydrogens (tertiary/aromatic N) is 1. The number of hydrazine groups is 1. The number of carbonyl (C=O) groups excluding carboxylic acids is 1. The van der Waals surface area contributed by atoms with Gasteiger partial charge in [0.25, 0.3) is 5.91 Å². The first-order chi connectivity index (χ1) is 10.1. The van der Waals surface area contributed by atoms with Crippen LogP contribution in [0.15, 0.2) is 42.5 Å². The first-order valence-corrected chi connectivity index (χ1v) is 6.56. The van der Waals surface area contributed by atoms with Crippen LogP contribution in [0.1, 0.15) is 15.9 Å². The molecule has 0 saturated carbocycles. The minimum absolute atomic E-state index is 0.0880. The Bertz CT molecular complexity index is 656. The lowest BCUT2D eigenvalue weighted by Gasteiger charge is -2.18. The van der Waals surface area contributed by atoms with E-state index in [0.29, 0.717) is 11.3 Å². The Kier molecular flexibility index (Phi) is 4.45. The van der Waals surface area contributed by atoms with Crippen molar-refractivity contribution < 1.29 is 9.53 Å². The number of carbonyl (C=O) groups is 1. The van der Waals surface area contributed by atoms with E-state index in [1.54, 1.807) is 31.2 Å². The van der Waals surface area contributed by atoms with Crippen LogP contribution in [0.25, 0.3) is 0 Å². The summed E-state index contributed by atoms with van der Waals surface area (Å²) in [5.74, 6) is 6.03. The molecule has 5 nitrogen and oxygen atoms in total. The average Bonchev–Trinajstić information content (AvgIpc) is 2.53. The van der Waals surface area contributed by atoms with Gasteiger partial charge in [-0.25, -0.2) is 0 Å². The molecular weight excluding hydrogens is 266 g/mol. The maximum Gasteiger partial charge on any atom is 0.258 e. The van der Waals surface area contributed by atoms with Crippen molar-refractivity contribution in [3.8, 4) is 5.75 Å². The number of benzene rings is 2. The molecule has 2 aromatic carbocycles. The van der Waals surface area contributed by atoms with Gasteiger partial charge in [0, 0.05) is 24.4 Å². The summed E-state index contributed by atoms with van der Waals surface area (Å²) in [5.41, 5.74) is 5.70. The van der Waals surface area contributed by atoms with Gasteiger partial charge < -0.3 is 15.1 Å². The Morgan fingerprint density at radius 2 is 2.00 bits per heavy atom. The van der Waals surface area contributed by atoms with E-state index in [0.717, 1.165) is 16.9 Å². The molecule has 5 heteroatoms. The Morgan fingerprint density at radius 3 is 2.62 bits per heavy atom. The molecular formula is C16H19N3O2. The van der Waals surface area contributed by atoms with Gasteiger partial charge in [0.1, 0.15) is 5.75 Å². The number of hydrogen-bond donors (Lipinski definition) is 2. The zero-order chi connectivity index (χ0) is 15.4. The van der Waals surface area contributed by atoms with Crippen LogP contribution in [-0.4, -0.2) is 20.1 Å². The van der Waals surface area contributed by atoms with Crippen molar-refractivity contribution in [3.63, 3.8) is 0 Å². The number of nitrogen functional groups attached to an aromatic ring is 1. The number of nitrogens with two attached hydrogens (primary N) is 1. The summed E-state index contributed by atoms with van der Waals surface area (Å²) >= 11 is 0. The number of ether oxygens (including phenoxy) is 1. The monoisotopic (exact) mass is 285 g/mol. The molecule has 2 aromatic rings. The largest absolute Gasteiger partial charge is 0.497 e. The second kappa shape index (κ2) is 6.28. The van der Waals surface area contributed by atoms with Crippen LogP contribution >= 0.6 is 0 Å². The molecule has 0 heterocycles. The molecule has 0 bridgehead atoms.